The van der Waals surface area contributed by atoms with Crippen molar-refractivity contribution in [2.75, 3.05) is 16.8 Å². The van der Waals surface area contributed by atoms with Crippen molar-refractivity contribution in [3.05, 3.63) is 29.3 Å². The molecule has 3 heteroatoms. The molecule has 2 nitrogen and oxygen atoms in total. The zero-order valence-electron chi connectivity index (χ0n) is 12.6. The Labute approximate surface area is 121 Å². The van der Waals surface area contributed by atoms with Crippen LogP contribution in [-0.2, 0) is 4.79 Å². The number of anilines is 1. The van der Waals surface area contributed by atoms with Crippen molar-refractivity contribution in [3.63, 3.8) is 0 Å². The van der Waals surface area contributed by atoms with Crippen molar-refractivity contribution in [3.8, 4) is 0 Å². The van der Waals surface area contributed by atoms with Gasteiger partial charge in [0, 0.05) is 5.69 Å². The molecule has 106 valence electrons. The quantitative estimate of drug-likeness (QED) is 0.833. The summed E-state index contributed by atoms with van der Waals surface area (Å²) in [6.45, 7) is 10.7. The first-order valence-corrected chi connectivity index (χ1v) is 8.04. The number of carbonyl (C=O) groups is 1. The lowest BCUT2D eigenvalue weighted by atomic mass is 9.98. The van der Waals surface area contributed by atoms with Gasteiger partial charge in [0.1, 0.15) is 0 Å². The van der Waals surface area contributed by atoms with Gasteiger partial charge in [0.25, 0.3) is 0 Å². The first kappa shape index (κ1) is 16.1. The maximum atomic E-state index is 12.0. The fourth-order valence-electron chi connectivity index (χ4n) is 1.91. The lowest BCUT2D eigenvalue weighted by Gasteiger charge is -2.16. The lowest BCUT2D eigenvalue weighted by molar-refractivity contribution is -0.113. The summed E-state index contributed by atoms with van der Waals surface area (Å²) in [7, 11) is 0. The molecule has 19 heavy (non-hydrogen) atoms. The molecule has 0 heterocycles. The molecular weight excluding hydrogens is 254 g/mol. The third-order valence-corrected chi connectivity index (χ3v) is 4.24. The van der Waals surface area contributed by atoms with Crippen LogP contribution in [0.1, 0.15) is 44.7 Å². The summed E-state index contributed by atoms with van der Waals surface area (Å²) >= 11 is 1.70. The van der Waals surface area contributed by atoms with Crippen LogP contribution in [0.15, 0.2) is 18.2 Å². The van der Waals surface area contributed by atoms with Crippen molar-refractivity contribution < 1.29 is 4.79 Å². The van der Waals surface area contributed by atoms with Gasteiger partial charge in [-0.25, -0.2) is 0 Å². The van der Waals surface area contributed by atoms with Gasteiger partial charge >= 0.3 is 0 Å². The van der Waals surface area contributed by atoms with E-state index in [1.807, 2.05) is 19.1 Å². The van der Waals surface area contributed by atoms with Gasteiger partial charge in [0.2, 0.25) is 5.91 Å². The number of nitrogens with one attached hydrogen (secondary N) is 1. The number of hydrogen-bond acceptors (Lipinski definition) is 2. The monoisotopic (exact) mass is 279 g/mol. The Kier molecular flexibility index (Phi) is 6.43. The molecule has 1 N–H and O–H groups in total. The Morgan fingerprint density at radius 3 is 2.53 bits per heavy atom. The molecule has 0 bridgehead atoms. The number of benzene rings is 1. The molecule has 1 rings (SSSR count). The zero-order chi connectivity index (χ0) is 14.4. The van der Waals surface area contributed by atoms with Crippen LogP contribution in [-0.4, -0.2) is 17.4 Å². The zero-order valence-corrected chi connectivity index (χ0v) is 13.4. The molecule has 0 unspecified atom stereocenters. The van der Waals surface area contributed by atoms with E-state index < -0.39 is 0 Å². The van der Waals surface area contributed by atoms with Crippen LogP contribution in [0, 0.1) is 12.8 Å². The van der Waals surface area contributed by atoms with Crippen LogP contribution in [0.2, 0.25) is 0 Å². The van der Waals surface area contributed by atoms with Crippen LogP contribution in [0.3, 0.4) is 0 Å². The van der Waals surface area contributed by atoms with Crippen LogP contribution in [0.25, 0.3) is 0 Å². The van der Waals surface area contributed by atoms with Crippen molar-refractivity contribution in [1.82, 2.24) is 0 Å². The van der Waals surface area contributed by atoms with E-state index in [2.05, 4.69) is 39.1 Å². The topological polar surface area (TPSA) is 29.1 Å². The summed E-state index contributed by atoms with van der Waals surface area (Å²) in [5, 5.41) is 3.07. The number of aryl methyl sites for hydroxylation is 1. The van der Waals surface area contributed by atoms with Crippen LogP contribution < -0.4 is 5.32 Å². The molecule has 0 spiro atoms. The van der Waals surface area contributed by atoms with Crippen molar-refractivity contribution >= 4 is 23.4 Å². The fourth-order valence-corrected chi connectivity index (χ4v) is 2.75. The van der Waals surface area contributed by atoms with Gasteiger partial charge in [-0.15, -0.1) is 0 Å². The third-order valence-electron chi connectivity index (χ3n) is 2.88. The lowest BCUT2D eigenvalue weighted by Crippen LogP contribution is -2.17. The molecule has 0 radical (unpaired) electrons. The van der Waals surface area contributed by atoms with Gasteiger partial charge in [-0.05, 0) is 35.6 Å². The minimum atomic E-state index is 0.0989. The largest absolute Gasteiger partial charge is 0.325 e. The van der Waals surface area contributed by atoms with E-state index in [1.54, 1.807) is 11.8 Å². The predicted octanol–water partition coefficient (Wildman–Crippen LogP) is 4.45. The van der Waals surface area contributed by atoms with Gasteiger partial charge in [-0.3, -0.25) is 4.79 Å². The smallest absolute Gasteiger partial charge is 0.234 e. The Balaban J connectivity index is 2.68. The maximum Gasteiger partial charge on any atom is 0.234 e. The number of amides is 1. The Morgan fingerprint density at radius 1 is 1.26 bits per heavy atom. The highest BCUT2D eigenvalue weighted by molar-refractivity contribution is 7.99. The summed E-state index contributed by atoms with van der Waals surface area (Å²) in [4.78, 5) is 12.0. The summed E-state index contributed by atoms with van der Waals surface area (Å²) in [5.74, 6) is 2.70. The van der Waals surface area contributed by atoms with E-state index in [0.717, 1.165) is 17.0 Å². The SMILES string of the molecule is Cc1cccc(C(C)C)c1NC(=O)CSCC(C)C. The molecule has 0 aromatic heterocycles. The Morgan fingerprint density at radius 2 is 1.95 bits per heavy atom. The van der Waals surface area contributed by atoms with Crippen molar-refractivity contribution in [2.45, 2.75) is 40.5 Å². The second-order valence-corrected chi connectivity index (χ2v) is 6.68. The molecule has 0 saturated heterocycles. The van der Waals surface area contributed by atoms with Crippen LogP contribution in [0.5, 0.6) is 0 Å². The molecule has 1 aromatic carbocycles. The van der Waals surface area contributed by atoms with Gasteiger partial charge in [0.15, 0.2) is 0 Å². The van der Waals surface area contributed by atoms with E-state index >= 15 is 0 Å². The van der Waals surface area contributed by atoms with Gasteiger partial charge < -0.3 is 5.32 Å². The highest BCUT2D eigenvalue weighted by atomic mass is 32.2. The summed E-state index contributed by atoms with van der Waals surface area (Å²) in [6.07, 6.45) is 0. The van der Waals surface area contributed by atoms with E-state index in [-0.39, 0.29) is 5.91 Å². The van der Waals surface area contributed by atoms with Crippen LogP contribution >= 0.6 is 11.8 Å². The molecular formula is C16H25NOS. The normalized spacial score (nSPS) is 11.1. The minimum absolute atomic E-state index is 0.0989. The molecule has 0 aliphatic rings. The summed E-state index contributed by atoms with van der Waals surface area (Å²) in [6, 6.07) is 6.19. The number of carbonyl (C=O) groups excluding carboxylic acids is 1. The molecule has 0 saturated carbocycles. The molecule has 0 atom stereocenters. The fraction of sp³-hybridized carbons (Fsp3) is 0.562. The Bertz CT molecular complexity index is 427. The molecule has 1 aromatic rings. The minimum Gasteiger partial charge on any atom is -0.325 e. The van der Waals surface area contributed by atoms with E-state index in [0.29, 0.717) is 17.6 Å². The molecule has 1 amide bonds. The number of para-hydroxylation sites is 1. The van der Waals surface area contributed by atoms with E-state index in [1.165, 1.54) is 5.56 Å². The van der Waals surface area contributed by atoms with Crippen molar-refractivity contribution in [1.29, 1.82) is 0 Å². The molecule has 0 aliphatic heterocycles. The second-order valence-electron chi connectivity index (χ2n) is 5.65. The molecule has 0 aliphatic carbocycles. The van der Waals surface area contributed by atoms with Gasteiger partial charge in [-0.2, -0.15) is 11.8 Å². The number of rotatable bonds is 6. The number of thioether (sulfide) groups is 1. The third kappa shape index (κ3) is 5.27. The van der Waals surface area contributed by atoms with E-state index in [4.69, 9.17) is 0 Å². The highest BCUT2D eigenvalue weighted by Gasteiger charge is 2.12. The van der Waals surface area contributed by atoms with Crippen molar-refractivity contribution in [2.24, 2.45) is 5.92 Å². The first-order valence-electron chi connectivity index (χ1n) is 6.89. The maximum absolute atomic E-state index is 12.0. The average Bonchev–Trinajstić information content (AvgIpc) is 2.30. The second kappa shape index (κ2) is 7.59. The predicted molar refractivity (Wildman–Crippen MR) is 86.1 cm³/mol. The highest BCUT2D eigenvalue weighted by Crippen LogP contribution is 2.27. The van der Waals surface area contributed by atoms with E-state index in [9.17, 15) is 4.79 Å². The van der Waals surface area contributed by atoms with Gasteiger partial charge in [0.05, 0.1) is 5.75 Å². The first-order chi connectivity index (χ1) is 8.91. The summed E-state index contributed by atoms with van der Waals surface area (Å²) < 4.78 is 0. The van der Waals surface area contributed by atoms with Crippen LogP contribution in [0.4, 0.5) is 5.69 Å². The standard InChI is InChI=1S/C16H25NOS/c1-11(2)9-19-10-15(18)17-16-13(5)7-6-8-14(16)12(3)4/h6-8,11-12H,9-10H2,1-5H3,(H,17,18). The summed E-state index contributed by atoms with van der Waals surface area (Å²) in [5.41, 5.74) is 3.34. The van der Waals surface area contributed by atoms with Gasteiger partial charge in [-0.1, -0.05) is 45.9 Å². The average molecular weight is 279 g/mol. The molecule has 0 fully saturated rings. The number of hydrogen-bond donors (Lipinski definition) is 1. The Hall–Kier alpha value is -0.960.